The van der Waals surface area contributed by atoms with Gasteiger partial charge in [0.05, 0.1) is 5.56 Å². The minimum absolute atomic E-state index is 0.0764. The van der Waals surface area contributed by atoms with Crippen molar-refractivity contribution in [1.82, 2.24) is 0 Å². The number of alkyl halides is 3. The number of hydrogen-bond acceptors (Lipinski definition) is 0. The standard InChI is InChI=1S/C20H29F3Si2/c1-2-3-16-8-12-24(13-9-16)25-14-10-18(11-15-25)17-4-6-19(7-5-17)20(21,22)23/h4-7,16,18H,2-3,8-15H2,1H3. The third-order valence-corrected chi connectivity index (χ3v) is 16.8. The third kappa shape index (κ3) is 5.00. The molecule has 2 saturated heterocycles. The molecule has 0 saturated carbocycles. The summed E-state index contributed by atoms with van der Waals surface area (Å²) >= 11 is 0. The van der Waals surface area contributed by atoms with Crippen LogP contribution in [-0.4, -0.2) is 16.6 Å². The molecule has 25 heavy (non-hydrogen) atoms. The second-order valence-electron chi connectivity index (χ2n) is 7.83. The first-order chi connectivity index (χ1) is 12.0. The van der Waals surface area contributed by atoms with Crippen LogP contribution in [-0.2, 0) is 6.18 Å². The fourth-order valence-corrected chi connectivity index (χ4v) is 15.5. The second-order valence-corrected chi connectivity index (χ2v) is 16.5. The lowest BCUT2D eigenvalue weighted by molar-refractivity contribution is -0.137. The van der Waals surface area contributed by atoms with E-state index < -0.39 is 11.7 Å². The molecule has 2 heterocycles. The maximum atomic E-state index is 12.7. The lowest BCUT2D eigenvalue weighted by Crippen LogP contribution is -2.40. The molecule has 0 atom stereocenters. The molecule has 1 aromatic rings. The maximum Gasteiger partial charge on any atom is 0.416 e. The molecule has 2 aliphatic rings. The van der Waals surface area contributed by atoms with Crippen LogP contribution in [0.1, 0.15) is 62.5 Å². The highest BCUT2D eigenvalue weighted by Crippen LogP contribution is 2.39. The third-order valence-electron chi connectivity index (χ3n) is 6.20. The van der Waals surface area contributed by atoms with Crippen molar-refractivity contribution in [1.29, 1.82) is 0 Å². The molecule has 0 N–H and O–H groups in total. The van der Waals surface area contributed by atoms with E-state index in [1.807, 2.05) is 0 Å². The van der Waals surface area contributed by atoms with Crippen molar-refractivity contribution in [2.45, 2.75) is 81.7 Å². The average molecular weight is 383 g/mol. The van der Waals surface area contributed by atoms with Crippen LogP contribution in [0.25, 0.3) is 0 Å². The first-order valence-electron chi connectivity index (χ1n) is 9.84. The molecule has 0 bridgehead atoms. The zero-order valence-electron chi connectivity index (χ0n) is 15.2. The number of hydrogen-bond donors (Lipinski definition) is 0. The quantitative estimate of drug-likeness (QED) is 0.499. The van der Waals surface area contributed by atoms with Crippen molar-refractivity contribution < 1.29 is 13.2 Å². The van der Waals surface area contributed by atoms with Gasteiger partial charge >= 0.3 is 6.18 Å². The summed E-state index contributed by atoms with van der Waals surface area (Å²) in [6.07, 6.45) is 3.93. The van der Waals surface area contributed by atoms with Gasteiger partial charge in [-0.2, -0.15) is 13.2 Å². The van der Waals surface area contributed by atoms with Crippen molar-refractivity contribution in [3.8, 4) is 0 Å². The summed E-state index contributed by atoms with van der Waals surface area (Å²) in [5, 5.41) is 0. The molecule has 2 fully saturated rings. The molecule has 138 valence electrons. The minimum Gasteiger partial charge on any atom is -0.166 e. The van der Waals surface area contributed by atoms with E-state index in [0.717, 1.165) is 11.5 Å². The van der Waals surface area contributed by atoms with Crippen molar-refractivity contribution in [3.63, 3.8) is 0 Å². The van der Waals surface area contributed by atoms with Gasteiger partial charge in [-0.05, 0) is 42.4 Å². The zero-order valence-corrected chi connectivity index (χ0v) is 17.2. The summed E-state index contributed by atoms with van der Waals surface area (Å²) in [5.74, 6) is 1.50. The van der Waals surface area contributed by atoms with Crippen molar-refractivity contribution in [2.75, 3.05) is 0 Å². The van der Waals surface area contributed by atoms with E-state index in [1.54, 1.807) is 24.2 Å². The molecule has 5 heteroatoms. The number of rotatable bonds is 4. The average Bonchev–Trinajstić information content (AvgIpc) is 2.62. The molecule has 3 rings (SSSR count). The highest BCUT2D eigenvalue weighted by Gasteiger charge is 2.34. The van der Waals surface area contributed by atoms with Crippen LogP contribution in [0.15, 0.2) is 24.3 Å². The Kier molecular flexibility index (Phi) is 6.47. The van der Waals surface area contributed by atoms with E-state index in [2.05, 4.69) is 6.92 Å². The largest absolute Gasteiger partial charge is 0.416 e. The predicted octanol–water partition coefficient (Wildman–Crippen LogP) is 6.86. The van der Waals surface area contributed by atoms with Crippen molar-refractivity contribution >= 4 is 16.6 Å². The van der Waals surface area contributed by atoms with Gasteiger partial charge in [0.25, 0.3) is 0 Å². The van der Waals surface area contributed by atoms with Gasteiger partial charge in [-0.15, -0.1) is 0 Å². The smallest absolute Gasteiger partial charge is 0.166 e. The van der Waals surface area contributed by atoms with Crippen LogP contribution in [0.3, 0.4) is 0 Å². The summed E-state index contributed by atoms with van der Waals surface area (Å²) in [6.45, 7) is 2.30. The molecule has 0 nitrogen and oxygen atoms in total. The van der Waals surface area contributed by atoms with Crippen LogP contribution in [0.2, 0.25) is 24.2 Å². The van der Waals surface area contributed by atoms with E-state index >= 15 is 0 Å². The van der Waals surface area contributed by atoms with Crippen LogP contribution in [0.4, 0.5) is 13.2 Å². The normalized spacial score (nSPS) is 22.4. The Morgan fingerprint density at radius 1 is 0.880 bits per heavy atom. The van der Waals surface area contributed by atoms with Gasteiger partial charge in [0, 0.05) is 16.6 Å². The van der Waals surface area contributed by atoms with Crippen molar-refractivity contribution in [3.05, 3.63) is 35.4 Å². The molecule has 0 aromatic heterocycles. The fourth-order valence-electron chi connectivity index (χ4n) is 4.67. The monoisotopic (exact) mass is 382 g/mol. The molecular weight excluding hydrogens is 353 g/mol. The van der Waals surface area contributed by atoms with Crippen LogP contribution in [0.5, 0.6) is 0 Å². The van der Waals surface area contributed by atoms with Crippen LogP contribution in [0, 0.1) is 5.92 Å². The van der Waals surface area contributed by atoms with Gasteiger partial charge < -0.3 is 0 Å². The Bertz CT molecular complexity index is 525. The van der Waals surface area contributed by atoms with Gasteiger partial charge in [-0.1, -0.05) is 68.9 Å². The zero-order chi connectivity index (χ0) is 17.9. The molecule has 2 radical (unpaired) electrons. The molecule has 2 aliphatic heterocycles. The SMILES string of the molecule is CCCC1CC[Si]([Si]2CCC(c3ccc(C(F)(F)F)cc3)CC2)CC1. The Morgan fingerprint density at radius 3 is 1.88 bits per heavy atom. The van der Waals surface area contributed by atoms with E-state index in [0.29, 0.717) is 5.92 Å². The topological polar surface area (TPSA) is 0 Å². The fraction of sp³-hybridized carbons (Fsp3) is 0.700. The Labute approximate surface area is 153 Å². The summed E-state index contributed by atoms with van der Waals surface area (Å²) in [5.41, 5.74) is 0.601. The second kappa shape index (κ2) is 8.42. The van der Waals surface area contributed by atoms with Crippen LogP contribution < -0.4 is 0 Å². The summed E-state index contributed by atoms with van der Waals surface area (Å²) < 4.78 is 38.1. The molecule has 0 unspecified atom stereocenters. The van der Waals surface area contributed by atoms with Crippen molar-refractivity contribution in [2.24, 2.45) is 5.92 Å². The first-order valence-corrected chi connectivity index (χ1v) is 14.7. The van der Waals surface area contributed by atoms with Crippen LogP contribution >= 0.6 is 0 Å². The molecular formula is C20H29F3Si2. The summed E-state index contributed by atoms with van der Waals surface area (Å²) in [6, 6.07) is 11.9. The van der Waals surface area contributed by atoms with E-state index in [-0.39, 0.29) is 16.6 Å². The lowest BCUT2D eigenvalue weighted by atomic mass is 9.93. The molecule has 0 spiro atoms. The van der Waals surface area contributed by atoms with Gasteiger partial charge in [-0.25, -0.2) is 0 Å². The first kappa shape index (κ1) is 19.2. The molecule has 1 aromatic carbocycles. The van der Waals surface area contributed by atoms with Gasteiger partial charge in [0.15, 0.2) is 0 Å². The molecule has 0 amide bonds. The Morgan fingerprint density at radius 2 is 1.40 bits per heavy atom. The Hall–Kier alpha value is -0.556. The van der Waals surface area contributed by atoms with E-state index in [1.165, 1.54) is 62.7 Å². The van der Waals surface area contributed by atoms with Gasteiger partial charge in [0.2, 0.25) is 0 Å². The summed E-state index contributed by atoms with van der Waals surface area (Å²) in [7, 11) is -0.212. The van der Waals surface area contributed by atoms with E-state index in [9.17, 15) is 13.2 Å². The number of halogens is 3. The minimum atomic E-state index is -4.22. The Balaban J connectivity index is 1.49. The van der Waals surface area contributed by atoms with E-state index in [4.69, 9.17) is 0 Å². The number of benzene rings is 1. The lowest BCUT2D eigenvalue weighted by Gasteiger charge is -2.36. The summed E-state index contributed by atoms with van der Waals surface area (Å²) in [4.78, 5) is 0. The highest BCUT2D eigenvalue weighted by molar-refractivity contribution is 7.22. The van der Waals surface area contributed by atoms with Gasteiger partial charge in [0.1, 0.15) is 0 Å². The highest BCUT2D eigenvalue weighted by atomic mass is 29.2. The molecule has 0 aliphatic carbocycles. The van der Waals surface area contributed by atoms with Gasteiger partial charge in [-0.3, -0.25) is 0 Å². The predicted molar refractivity (Wildman–Crippen MR) is 102 cm³/mol. The maximum absolute atomic E-state index is 12.7.